The summed E-state index contributed by atoms with van der Waals surface area (Å²) < 4.78 is 4.80. The van der Waals surface area contributed by atoms with Gasteiger partial charge in [0.2, 0.25) is 5.91 Å². The molecule has 0 aliphatic carbocycles. The average Bonchev–Trinajstić information content (AvgIpc) is 2.91. The SMILES string of the molecule is COC(=O)C1CCCCN1C(=O)CSCc1csc(C)n1. The van der Waals surface area contributed by atoms with Crippen LogP contribution in [0, 0.1) is 6.92 Å². The van der Waals surface area contributed by atoms with Crippen LogP contribution in [0.25, 0.3) is 0 Å². The topological polar surface area (TPSA) is 59.5 Å². The number of piperidine rings is 1. The van der Waals surface area contributed by atoms with Crippen molar-refractivity contribution >= 4 is 35.0 Å². The molecule has 1 amide bonds. The van der Waals surface area contributed by atoms with E-state index < -0.39 is 6.04 Å². The second-order valence-electron chi connectivity index (χ2n) is 4.97. The molecule has 2 heterocycles. The number of hydrogen-bond acceptors (Lipinski definition) is 6. The van der Waals surface area contributed by atoms with E-state index in [9.17, 15) is 9.59 Å². The highest BCUT2D eigenvalue weighted by atomic mass is 32.2. The average molecular weight is 328 g/mol. The predicted octanol–water partition coefficient (Wildman–Crippen LogP) is 2.24. The smallest absolute Gasteiger partial charge is 0.328 e. The van der Waals surface area contributed by atoms with Crippen molar-refractivity contribution in [2.45, 2.75) is 38.0 Å². The van der Waals surface area contributed by atoms with Crippen LogP contribution < -0.4 is 0 Å². The summed E-state index contributed by atoms with van der Waals surface area (Å²) in [5.74, 6) is 0.821. The molecular weight excluding hydrogens is 308 g/mol. The Kier molecular flexibility index (Phi) is 6.05. The quantitative estimate of drug-likeness (QED) is 0.776. The van der Waals surface area contributed by atoms with Crippen molar-refractivity contribution < 1.29 is 14.3 Å². The van der Waals surface area contributed by atoms with Gasteiger partial charge in [0.15, 0.2) is 0 Å². The summed E-state index contributed by atoms with van der Waals surface area (Å²) in [5.41, 5.74) is 1.01. The minimum absolute atomic E-state index is 0.0158. The van der Waals surface area contributed by atoms with E-state index in [-0.39, 0.29) is 11.9 Å². The van der Waals surface area contributed by atoms with Crippen LogP contribution in [0.5, 0.6) is 0 Å². The highest BCUT2D eigenvalue weighted by molar-refractivity contribution is 7.99. The van der Waals surface area contributed by atoms with Crippen LogP contribution in [0.4, 0.5) is 0 Å². The van der Waals surface area contributed by atoms with Crippen molar-refractivity contribution in [3.63, 3.8) is 0 Å². The van der Waals surface area contributed by atoms with E-state index in [2.05, 4.69) is 4.98 Å². The fraction of sp³-hybridized carbons (Fsp3) is 0.643. The number of ether oxygens (including phenoxy) is 1. The maximum atomic E-state index is 12.3. The van der Waals surface area contributed by atoms with Gasteiger partial charge in [-0.1, -0.05) is 0 Å². The number of rotatable bonds is 5. The highest BCUT2D eigenvalue weighted by Crippen LogP contribution is 2.21. The highest BCUT2D eigenvalue weighted by Gasteiger charge is 2.32. The lowest BCUT2D eigenvalue weighted by Gasteiger charge is -2.33. The van der Waals surface area contributed by atoms with Crippen molar-refractivity contribution in [3.8, 4) is 0 Å². The zero-order valence-corrected chi connectivity index (χ0v) is 14.0. The lowest BCUT2D eigenvalue weighted by atomic mass is 10.0. The summed E-state index contributed by atoms with van der Waals surface area (Å²) in [4.78, 5) is 30.1. The van der Waals surface area contributed by atoms with Gasteiger partial charge in [-0.2, -0.15) is 0 Å². The number of nitrogens with zero attached hydrogens (tertiary/aromatic N) is 2. The molecule has 0 bridgehead atoms. The van der Waals surface area contributed by atoms with E-state index in [0.29, 0.717) is 18.7 Å². The maximum absolute atomic E-state index is 12.3. The molecule has 5 nitrogen and oxygen atoms in total. The van der Waals surface area contributed by atoms with E-state index in [0.717, 1.165) is 29.3 Å². The van der Waals surface area contributed by atoms with Gasteiger partial charge in [-0.15, -0.1) is 23.1 Å². The van der Waals surface area contributed by atoms with Gasteiger partial charge in [0.05, 0.1) is 23.6 Å². The number of methoxy groups -OCH3 is 1. The van der Waals surface area contributed by atoms with Gasteiger partial charge >= 0.3 is 5.97 Å². The summed E-state index contributed by atoms with van der Waals surface area (Å²) in [6.07, 6.45) is 2.62. The molecule has 21 heavy (non-hydrogen) atoms. The molecule has 7 heteroatoms. The molecule has 1 aromatic heterocycles. The summed E-state index contributed by atoms with van der Waals surface area (Å²) in [5, 5.41) is 3.06. The minimum atomic E-state index is -0.404. The first-order valence-electron chi connectivity index (χ1n) is 6.98. The van der Waals surface area contributed by atoms with Gasteiger partial charge in [0, 0.05) is 17.7 Å². The molecule has 1 aliphatic heterocycles. The summed E-state index contributed by atoms with van der Waals surface area (Å²) in [6, 6.07) is -0.404. The number of hydrogen-bond donors (Lipinski definition) is 0. The van der Waals surface area contributed by atoms with Crippen LogP contribution in [0.2, 0.25) is 0 Å². The standard InChI is InChI=1S/C14H20N2O3S2/c1-10-15-11(8-21-10)7-20-9-13(17)16-6-4-3-5-12(16)14(18)19-2/h8,12H,3-7,9H2,1-2H3. The molecule has 116 valence electrons. The minimum Gasteiger partial charge on any atom is -0.467 e. The fourth-order valence-electron chi connectivity index (χ4n) is 2.41. The van der Waals surface area contributed by atoms with Crippen LogP contribution in [0.1, 0.15) is 30.0 Å². The molecule has 0 saturated carbocycles. The molecule has 2 rings (SSSR count). The predicted molar refractivity (Wildman–Crippen MR) is 84.4 cm³/mol. The molecule has 0 N–H and O–H groups in total. The van der Waals surface area contributed by atoms with Crippen LogP contribution in [0.15, 0.2) is 5.38 Å². The molecule has 0 spiro atoms. The van der Waals surface area contributed by atoms with Gasteiger partial charge in [0.25, 0.3) is 0 Å². The third-order valence-corrected chi connectivity index (χ3v) is 5.21. The molecule has 1 aromatic rings. The van der Waals surface area contributed by atoms with Crippen molar-refractivity contribution in [2.24, 2.45) is 0 Å². The number of carbonyl (C=O) groups excluding carboxylic acids is 2. The van der Waals surface area contributed by atoms with E-state index in [1.165, 1.54) is 7.11 Å². The van der Waals surface area contributed by atoms with Gasteiger partial charge in [-0.25, -0.2) is 9.78 Å². The number of thiazole rings is 1. The van der Waals surface area contributed by atoms with Crippen molar-refractivity contribution in [1.29, 1.82) is 0 Å². The molecular formula is C14H20N2O3S2. The Morgan fingerprint density at radius 3 is 3.00 bits per heavy atom. The third kappa shape index (κ3) is 4.44. The number of aryl methyl sites for hydroxylation is 1. The van der Waals surface area contributed by atoms with Crippen molar-refractivity contribution in [3.05, 3.63) is 16.1 Å². The lowest BCUT2D eigenvalue weighted by Crippen LogP contribution is -2.49. The number of likely N-dealkylation sites (tertiary alicyclic amines) is 1. The number of thioether (sulfide) groups is 1. The molecule has 1 aliphatic rings. The van der Waals surface area contributed by atoms with E-state index in [1.807, 2.05) is 12.3 Å². The fourth-order valence-corrected chi connectivity index (χ4v) is 3.93. The third-order valence-electron chi connectivity index (χ3n) is 3.44. The van der Waals surface area contributed by atoms with E-state index >= 15 is 0 Å². The molecule has 1 atom stereocenters. The largest absolute Gasteiger partial charge is 0.467 e. The molecule has 1 saturated heterocycles. The Labute approximate surface area is 133 Å². The molecule has 0 aromatic carbocycles. The zero-order chi connectivity index (χ0) is 15.2. The van der Waals surface area contributed by atoms with Gasteiger partial charge in [-0.05, 0) is 26.2 Å². The number of amides is 1. The van der Waals surface area contributed by atoms with Gasteiger partial charge in [-0.3, -0.25) is 4.79 Å². The van der Waals surface area contributed by atoms with Crippen LogP contribution in [-0.4, -0.2) is 47.2 Å². The Morgan fingerprint density at radius 1 is 1.52 bits per heavy atom. The monoisotopic (exact) mass is 328 g/mol. The first kappa shape index (κ1) is 16.3. The van der Waals surface area contributed by atoms with E-state index in [1.54, 1.807) is 28.0 Å². The molecule has 0 radical (unpaired) electrons. The number of carbonyl (C=O) groups is 2. The molecule has 1 fully saturated rings. The van der Waals surface area contributed by atoms with Crippen LogP contribution in [-0.2, 0) is 20.1 Å². The second-order valence-corrected chi connectivity index (χ2v) is 7.02. The zero-order valence-electron chi connectivity index (χ0n) is 12.3. The van der Waals surface area contributed by atoms with Crippen LogP contribution >= 0.6 is 23.1 Å². The summed E-state index contributed by atoms with van der Waals surface area (Å²) in [7, 11) is 1.37. The Bertz CT molecular complexity index is 504. The van der Waals surface area contributed by atoms with Crippen molar-refractivity contribution in [2.75, 3.05) is 19.4 Å². The number of aromatic nitrogens is 1. The second kappa shape index (κ2) is 7.79. The Balaban J connectivity index is 1.84. The first-order chi connectivity index (χ1) is 10.1. The molecule has 1 unspecified atom stereocenters. The normalized spacial score (nSPS) is 18.6. The van der Waals surface area contributed by atoms with Gasteiger partial charge < -0.3 is 9.64 Å². The summed E-state index contributed by atoms with van der Waals surface area (Å²) >= 11 is 3.16. The summed E-state index contributed by atoms with van der Waals surface area (Å²) in [6.45, 7) is 2.62. The maximum Gasteiger partial charge on any atom is 0.328 e. The van der Waals surface area contributed by atoms with E-state index in [4.69, 9.17) is 4.74 Å². The first-order valence-corrected chi connectivity index (χ1v) is 9.01. The van der Waals surface area contributed by atoms with Crippen molar-refractivity contribution in [1.82, 2.24) is 9.88 Å². The van der Waals surface area contributed by atoms with Crippen LogP contribution in [0.3, 0.4) is 0 Å². The number of esters is 1. The van der Waals surface area contributed by atoms with Gasteiger partial charge in [0.1, 0.15) is 6.04 Å². The Hall–Kier alpha value is -1.08. The Morgan fingerprint density at radius 2 is 2.33 bits per heavy atom. The lowest BCUT2D eigenvalue weighted by molar-refractivity contribution is -0.153.